The van der Waals surface area contributed by atoms with E-state index in [-0.39, 0.29) is 6.42 Å². The van der Waals surface area contributed by atoms with Crippen LogP contribution in [0, 0.1) is 0 Å². The number of carbonyl (C=O) groups is 2. The van der Waals surface area contributed by atoms with Crippen molar-refractivity contribution in [3.63, 3.8) is 0 Å². The average molecular weight is 396 g/mol. The molecule has 0 aliphatic heterocycles. The molecule has 140 valence electrons. The Morgan fingerprint density at radius 3 is 2.62 bits per heavy atom. The van der Waals surface area contributed by atoms with Gasteiger partial charge in [0.1, 0.15) is 5.75 Å². The molecule has 1 heterocycles. The lowest BCUT2D eigenvalue weighted by Gasteiger charge is -2.25. The van der Waals surface area contributed by atoms with E-state index in [9.17, 15) is 9.59 Å². The van der Waals surface area contributed by atoms with Gasteiger partial charge in [-0.15, -0.1) is 0 Å². The summed E-state index contributed by atoms with van der Waals surface area (Å²) in [6.45, 7) is 3.53. The van der Waals surface area contributed by atoms with Crippen molar-refractivity contribution in [2.75, 3.05) is 12.4 Å². The lowest BCUT2D eigenvalue weighted by molar-refractivity contribution is -0.137. The second kappa shape index (κ2) is 8.86. The predicted molar refractivity (Wildman–Crippen MR) is 100 cm³/mol. The number of aromatic nitrogens is 2. The highest BCUT2D eigenvalue weighted by Gasteiger charge is 2.22. The average Bonchev–Trinajstić information content (AvgIpc) is 3.00. The molecular weight excluding hydrogens is 376 g/mol. The minimum absolute atomic E-state index is 0.0191. The summed E-state index contributed by atoms with van der Waals surface area (Å²) in [5, 5.41) is 15.0. The van der Waals surface area contributed by atoms with E-state index in [1.165, 1.54) is 11.8 Å². The normalized spacial score (nSPS) is 11.0. The smallest absolute Gasteiger partial charge is 0.321 e. The maximum absolute atomic E-state index is 12.1. The predicted octanol–water partition coefficient (Wildman–Crippen LogP) is 3.46. The number of rotatable bonds is 8. The van der Waals surface area contributed by atoms with Crippen molar-refractivity contribution in [2.24, 2.45) is 0 Å². The molecule has 0 aliphatic rings. The Bertz CT molecular complexity index is 762. The fourth-order valence-electron chi connectivity index (χ4n) is 1.97. The van der Waals surface area contributed by atoms with Crippen LogP contribution in [0.3, 0.4) is 0 Å². The Labute approximate surface area is 159 Å². The van der Waals surface area contributed by atoms with Gasteiger partial charge in [0.2, 0.25) is 10.3 Å². The quantitative estimate of drug-likeness (QED) is 0.626. The van der Waals surface area contributed by atoms with Crippen molar-refractivity contribution in [3.8, 4) is 5.75 Å². The molecule has 0 radical (unpaired) electrons. The minimum Gasteiger partial charge on any atom is -0.497 e. The van der Waals surface area contributed by atoms with Gasteiger partial charge in [-0.05, 0) is 56.3 Å². The van der Waals surface area contributed by atoms with Crippen molar-refractivity contribution in [1.82, 2.24) is 14.7 Å². The third kappa shape index (κ3) is 6.52. The van der Waals surface area contributed by atoms with E-state index < -0.39 is 17.5 Å². The van der Waals surface area contributed by atoms with E-state index in [2.05, 4.69) is 20.0 Å². The number of carboxylic acids is 1. The number of carbonyl (C=O) groups excluding carboxylic acids is 1. The Kier molecular flexibility index (Phi) is 6.81. The molecule has 2 aromatic rings. The van der Waals surface area contributed by atoms with E-state index >= 15 is 0 Å². The number of carboxylic acid groups (broad SMARTS) is 1. The Morgan fingerprint density at radius 2 is 2.00 bits per heavy atom. The third-order valence-corrected chi connectivity index (χ3v) is 4.93. The summed E-state index contributed by atoms with van der Waals surface area (Å²) < 4.78 is 9.32. The standard InChI is InChI=1S/C16H20N4O4S2/c1-16(2,9-8-12(21)22)19-13(23)17-14-18-15(20-26-14)25-11-6-4-10(24-3)5-7-11/h4-7H,8-9H2,1-3H3,(H,21,22)(H2,17,18,19,20,23). The molecule has 1 aromatic carbocycles. The molecule has 0 fully saturated rings. The van der Waals surface area contributed by atoms with Gasteiger partial charge in [-0.25, -0.2) is 4.79 Å². The van der Waals surface area contributed by atoms with Gasteiger partial charge in [0, 0.05) is 28.4 Å². The van der Waals surface area contributed by atoms with Crippen LogP contribution < -0.4 is 15.4 Å². The molecule has 0 spiro atoms. The number of nitrogens with zero attached hydrogens (tertiary/aromatic N) is 2. The molecule has 10 heteroatoms. The lowest BCUT2D eigenvalue weighted by atomic mass is 9.99. The van der Waals surface area contributed by atoms with Crippen molar-refractivity contribution < 1.29 is 19.4 Å². The van der Waals surface area contributed by atoms with E-state index in [1.807, 2.05) is 24.3 Å². The highest BCUT2D eigenvalue weighted by atomic mass is 32.2. The molecule has 26 heavy (non-hydrogen) atoms. The van der Waals surface area contributed by atoms with Gasteiger partial charge in [0.15, 0.2) is 0 Å². The van der Waals surface area contributed by atoms with Crippen molar-refractivity contribution in [1.29, 1.82) is 0 Å². The van der Waals surface area contributed by atoms with Crippen LogP contribution in [0.25, 0.3) is 0 Å². The maximum Gasteiger partial charge on any atom is 0.321 e. The Hall–Kier alpha value is -2.33. The van der Waals surface area contributed by atoms with Crippen LogP contribution in [0.5, 0.6) is 5.75 Å². The molecule has 2 amide bonds. The van der Waals surface area contributed by atoms with Gasteiger partial charge in [0.05, 0.1) is 7.11 Å². The highest BCUT2D eigenvalue weighted by molar-refractivity contribution is 7.99. The topological polar surface area (TPSA) is 113 Å². The molecule has 1 aromatic heterocycles. The Balaban J connectivity index is 1.88. The molecule has 0 unspecified atom stereocenters. The minimum atomic E-state index is -0.899. The first-order valence-electron chi connectivity index (χ1n) is 7.74. The van der Waals surface area contributed by atoms with E-state index in [0.29, 0.717) is 16.7 Å². The summed E-state index contributed by atoms with van der Waals surface area (Å²) >= 11 is 2.45. The highest BCUT2D eigenvalue weighted by Crippen LogP contribution is 2.29. The summed E-state index contributed by atoms with van der Waals surface area (Å²) in [7, 11) is 1.61. The number of ether oxygens (including phenoxy) is 1. The van der Waals surface area contributed by atoms with Gasteiger partial charge in [-0.3, -0.25) is 10.1 Å². The maximum atomic E-state index is 12.1. The molecule has 0 saturated carbocycles. The van der Waals surface area contributed by atoms with Crippen molar-refractivity contribution in [2.45, 2.75) is 42.3 Å². The summed E-state index contributed by atoms with van der Waals surface area (Å²) in [6, 6.07) is 7.04. The van der Waals surface area contributed by atoms with Gasteiger partial charge in [-0.2, -0.15) is 9.36 Å². The number of urea groups is 1. The molecule has 0 bridgehead atoms. The zero-order valence-corrected chi connectivity index (χ0v) is 16.2. The Morgan fingerprint density at radius 1 is 1.31 bits per heavy atom. The molecule has 2 rings (SSSR count). The zero-order valence-electron chi connectivity index (χ0n) is 14.6. The number of anilines is 1. The molecular formula is C16H20N4O4S2. The molecule has 0 saturated heterocycles. The summed E-state index contributed by atoms with van der Waals surface area (Å²) in [5.74, 6) is -0.130. The van der Waals surface area contributed by atoms with Gasteiger partial charge >= 0.3 is 12.0 Å². The van der Waals surface area contributed by atoms with E-state index in [0.717, 1.165) is 22.2 Å². The molecule has 0 atom stereocenters. The summed E-state index contributed by atoms with van der Waals surface area (Å²) in [5.41, 5.74) is -0.645. The number of aliphatic carboxylic acids is 1. The van der Waals surface area contributed by atoms with Crippen molar-refractivity contribution in [3.05, 3.63) is 24.3 Å². The van der Waals surface area contributed by atoms with Crippen LogP contribution in [0.15, 0.2) is 34.3 Å². The zero-order chi connectivity index (χ0) is 19.2. The third-order valence-electron chi connectivity index (χ3n) is 3.31. The second-order valence-electron chi connectivity index (χ2n) is 6.02. The summed E-state index contributed by atoms with van der Waals surface area (Å²) in [6.07, 6.45) is 0.305. The molecule has 3 N–H and O–H groups in total. The number of methoxy groups -OCH3 is 1. The number of amides is 2. The number of hydrogen-bond donors (Lipinski definition) is 3. The second-order valence-corrected chi connectivity index (χ2v) is 7.81. The summed E-state index contributed by atoms with van der Waals surface area (Å²) in [4.78, 5) is 27.9. The van der Waals surface area contributed by atoms with Crippen LogP contribution in [-0.4, -0.2) is 39.1 Å². The first kappa shape index (κ1) is 20.0. The first-order chi connectivity index (χ1) is 12.3. The lowest BCUT2D eigenvalue weighted by Crippen LogP contribution is -2.45. The van der Waals surface area contributed by atoms with E-state index in [4.69, 9.17) is 9.84 Å². The van der Waals surface area contributed by atoms with Crippen LogP contribution in [0.1, 0.15) is 26.7 Å². The van der Waals surface area contributed by atoms with Gasteiger partial charge < -0.3 is 15.2 Å². The monoisotopic (exact) mass is 396 g/mol. The number of hydrogen-bond acceptors (Lipinski definition) is 7. The van der Waals surface area contributed by atoms with Crippen LogP contribution in [-0.2, 0) is 4.79 Å². The number of benzene rings is 1. The van der Waals surface area contributed by atoms with Crippen LogP contribution >= 0.6 is 23.3 Å². The first-order valence-corrected chi connectivity index (χ1v) is 9.33. The van der Waals surface area contributed by atoms with Gasteiger partial charge in [-0.1, -0.05) is 0 Å². The number of nitrogens with one attached hydrogen (secondary N) is 2. The fraction of sp³-hybridized carbons (Fsp3) is 0.375. The fourth-order valence-corrected chi connectivity index (χ4v) is 3.38. The van der Waals surface area contributed by atoms with Crippen LogP contribution in [0.4, 0.5) is 9.93 Å². The molecule has 8 nitrogen and oxygen atoms in total. The van der Waals surface area contributed by atoms with Gasteiger partial charge in [0.25, 0.3) is 0 Å². The largest absolute Gasteiger partial charge is 0.497 e. The SMILES string of the molecule is COc1ccc(Sc2nsc(NC(=O)NC(C)(C)CCC(=O)O)n2)cc1. The van der Waals surface area contributed by atoms with E-state index in [1.54, 1.807) is 21.0 Å². The van der Waals surface area contributed by atoms with Crippen molar-refractivity contribution >= 4 is 40.4 Å². The molecule has 0 aliphatic carbocycles. The van der Waals surface area contributed by atoms with Crippen LogP contribution in [0.2, 0.25) is 0 Å².